The van der Waals surface area contributed by atoms with Gasteiger partial charge in [-0.05, 0) is 50.2 Å². The summed E-state index contributed by atoms with van der Waals surface area (Å²) in [6.45, 7) is 5.52. The molecular weight excluding hydrogens is 350 g/mol. The molecule has 3 aromatic rings. The van der Waals surface area contributed by atoms with Crippen molar-refractivity contribution >= 4 is 11.6 Å². The standard InChI is InChI=1S/C20H22ClN3O2/c1-14-5-4-6-16(13-14)20-23-22-19(26-20)15(2)24(3)11-12-25-18-9-7-17(21)8-10-18/h4-10,13,15H,11-12H2,1-3H3/p+1/t15-/m1/s1. The van der Waals surface area contributed by atoms with E-state index in [4.69, 9.17) is 20.8 Å². The van der Waals surface area contributed by atoms with Crippen LogP contribution in [0.4, 0.5) is 0 Å². The van der Waals surface area contributed by atoms with Gasteiger partial charge in [0.05, 0.1) is 7.05 Å². The van der Waals surface area contributed by atoms with Crippen molar-refractivity contribution in [3.63, 3.8) is 0 Å². The zero-order valence-electron chi connectivity index (χ0n) is 15.2. The molecule has 136 valence electrons. The van der Waals surface area contributed by atoms with Crippen LogP contribution in [0.15, 0.2) is 52.9 Å². The van der Waals surface area contributed by atoms with Gasteiger partial charge in [-0.25, -0.2) is 0 Å². The molecule has 3 rings (SSSR count). The SMILES string of the molecule is Cc1cccc(-c2nnc([C@@H](C)[NH+](C)CCOc3ccc(Cl)cc3)o2)c1. The van der Waals surface area contributed by atoms with Gasteiger partial charge in [-0.2, -0.15) is 0 Å². The van der Waals surface area contributed by atoms with E-state index in [1.54, 1.807) is 0 Å². The Bertz CT molecular complexity index is 848. The number of likely N-dealkylation sites (N-methyl/N-ethyl adjacent to an activating group) is 1. The van der Waals surface area contributed by atoms with Crippen molar-refractivity contribution in [1.29, 1.82) is 0 Å². The van der Waals surface area contributed by atoms with Gasteiger partial charge < -0.3 is 14.1 Å². The van der Waals surface area contributed by atoms with Crippen molar-refractivity contribution in [3.05, 3.63) is 65.0 Å². The smallest absolute Gasteiger partial charge is 0.274 e. The van der Waals surface area contributed by atoms with Crippen LogP contribution in [-0.2, 0) is 0 Å². The minimum Gasteiger partial charge on any atom is -0.488 e. The molecule has 1 aromatic heterocycles. The third-order valence-corrected chi connectivity index (χ3v) is 4.65. The topological polar surface area (TPSA) is 52.6 Å². The summed E-state index contributed by atoms with van der Waals surface area (Å²) in [7, 11) is 2.09. The second-order valence-electron chi connectivity index (χ2n) is 6.44. The van der Waals surface area contributed by atoms with E-state index in [0.717, 1.165) is 23.4 Å². The summed E-state index contributed by atoms with van der Waals surface area (Å²) in [5.41, 5.74) is 2.11. The van der Waals surface area contributed by atoms with Gasteiger partial charge in [-0.3, -0.25) is 0 Å². The van der Waals surface area contributed by atoms with Crippen molar-refractivity contribution in [2.24, 2.45) is 0 Å². The Morgan fingerprint density at radius 3 is 2.65 bits per heavy atom. The van der Waals surface area contributed by atoms with Crippen LogP contribution in [0.3, 0.4) is 0 Å². The summed E-state index contributed by atoms with van der Waals surface area (Å²) >= 11 is 5.88. The monoisotopic (exact) mass is 372 g/mol. The van der Waals surface area contributed by atoms with E-state index in [1.807, 2.05) is 55.5 Å². The third kappa shape index (κ3) is 4.62. The Kier molecular flexibility index (Phi) is 5.91. The van der Waals surface area contributed by atoms with E-state index in [1.165, 1.54) is 4.90 Å². The third-order valence-electron chi connectivity index (χ3n) is 4.39. The van der Waals surface area contributed by atoms with Crippen LogP contribution in [0.5, 0.6) is 5.75 Å². The van der Waals surface area contributed by atoms with E-state index in [-0.39, 0.29) is 6.04 Å². The fourth-order valence-electron chi connectivity index (χ4n) is 2.59. The molecule has 0 radical (unpaired) electrons. The number of ether oxygens (including phenoxy) is 1. The molecule has 1 N–H and O–H groups in total. The molecule has 2 atom stereocenters. The van der Waals surface area contributed by atoms with Crippen molar-refractivity contribution in [1.82, 2.24) is 10.2 Å². The maximum Gasteiger partial charge on any atom is 0.274 e. The fraction of sp³-hybridized carbons (Fsp3) is 0.300. The molecule has 2 aromatic carbocycles. The largest absolute Gasteiger partial charge is 0.488 e. The Balaban J connectivity index is 1.56. The summed E-state index contributed by atoms with van der Waals surface area (Å²) in [5.74, 6) is 2.00. The number of quaternary nitrogens is 1. The molecular formula is C20H23ClN3O2+. The van der Waals surface area contributed by atoms with Crippen LogP contribution < -0.4 is 9.64 Å². The minimum atomic E-state index is 0.0786. The highest BCUT2D eigenvalue weighted by Crippen LogP contribution is 2.20. The number of aromatic nitrogens is 2. The molecule has 0 spiro atoms. The van der Waals surface area contributed by atoms with E-state index < -0.39 is 0 Å². The van der Waals surface area contributed by atoms with Crippen LogP contribution in [0.1, 0.15) is 24.4 Å². The lowest BCUT2D eigenvalue weighted by molar-refractivity contribution is -0.911. The first-order valence-corrected chi connectivity index (χ1v) is 9.02. The molecule has 0 saturated carbocycles. The Morgan fingerprint density at radius 2 is 1.92 bits per heavy atom. The van der Waals surface area contributed by atoms with E-state index in [9.17, 15) is 0 Å². The number of benzene rings is 2. The summed E-state index contributed by atoms with van der Waals surface area (Å²) in [4.78, 5) is 1.23. The van der Waals surface area contributed by atoms with Crippen molar-refractivity contribution < 1.29 is 14.1 Å². The van der Waals surface area contributed by atoms with Gasteiger partial charge in [0.15, 0.2) is 6.04 Å². The average Bonchev–Trinajstić information content (AvgIpc) is 3.13. The summed E-state index contributed by atoms with van der Waals surface area (Å²) in [6.07, 6.45) is 0. The molecule has 0 aliphatic heterocycles. The summed E-state index contributed by atoms with van der Waals surface area (Å²) in [6, 6.07) is 15.5. The van der Waals surface area contributed by atoms with E-state index in [0.29, 0.717) is 23.4 Å². The zero-order valence-corrected chi connectivity index (χ0v) is 16.0. The molecule has 6 heteroatoms. The van der Waals surface area contributed by atoms with Crippen LogP contribution in [-0.4, -0.2) is 30.4 Å². The number of rotatable bonds is 7. The highest BCUT2D eigenvalue weighted by molar-refractivity contribution is 6.30. The van der Waals surface area contributed by atoms with Crippen molar-refractivity contribution in [3.8, 4) is 17.2 Å². The van der Waals surface area contributed by atoms with E-state index >= 15 is 0 Å². The highest BCUT2D eigenvalue weighted by atomic mass is 35.5. The van der Waals surface area contributed by atoms with Gasteiger partial charge in [0.25, 0.3) is 5.89 Å². The van der Waals surface area contributed by atoms with Crippen molar-refractivity contribution in [2.75, 3.05) is 20.2 Å². The molecule has 5 nitrogen and oxygen atoms in total. The van der Waals surface area contributed by atoms with Gasteiger partial charge in [-0.1, -0.05) is 29.3 Å². The maximum atomic E-state index is 5.89. The van der Waals surface area contributed by atoms with Crippen molar-refractivity contribution in [2.45, 2.75) is 19.9 Å². The Hall–Kier alpha value is -2.37. The molecule has 0 aliphatic carbocycles. The fourth-order valence-corrected chi connectivity index (χ4v) is 2.72. The first kappa shape index (κ1) is 18.4. The number of aryl methyl sites for hydroxylation is 1. The molecule has 0 saturated heterocycles. The van der Waals surface area contributed by atoms with Crippen LogP contribution >= 0.6 is 11.6 Å². The van der Waals surface area contributed by atoms with E-state index in [2.05, 4.69) is 24.2 Å². The molecule has 1 heterocycles. The molecule has 0 amide bonds. The van der Waals surface area contributed by atoms with Crippen LogP contribution in [0, 0.1) is 6.92 Å². The predicted octanol–water partition coefficient (Wildman–Crippen LogP) is 3.35. The lowest BCUT2D eigenvalue weighted by Gasteiger charge is -2.18. The first-order chi connectivity index (χ1) is 12.5. The second kappa shape index (κ2) is 8.34. The van der Waals surface area contributed by atoms with Gasteiger partial charge in [0.1, 0.15) is 18.9 Å². The highest BCUT2D eigenvalue weighted by Gasteiger charge is 2.22. The number of hydrogen-bond donors (Lipinski definition) is 1. The number of hydrogen-bond acceptors (Lipinski definition) is 4. The lowest BCUT2D eigenvalue weighted by atomic mass is 10.1. The zero-order chi connectivity index (χ0) is 18.5. The van der Waals surface area contributed by atoms with Crippen LogP contribution in [0.2, 0.25) is 5.02 Å². The average molecular weight is 373 g/mol. The second-order valence-corrected chi connectivity index (χ2v) is 6.87. The first-order valence-electron chi connectivity index (χ1n) is 8.64. The van der Waals surface area contributed by atoms with Gasteiger partial charge in [0, 0.05) is 10.6 Å². The molecule has 1 unspecified atom stereocenters. The molecule has 0 aliphatic rings. The predicted molar refractivity (Wildman–Crippen MR) is 102 cm³/mol. The molecule has 26 heavy (non-hydrogen) atoms. The summed E-state index contributed by atoms with van der Waals surface area (Å²) < 4.78 is 11.6. The summed E-state index contributed by atoms with van der Waals surface area (Å²) in [5, 5.41) is 9.12. The molecule has 0 fully saturated rings. The quantitative estimate of drug-likeness (QED) is 0.691. The van der Waals surface area contributed by atoms with Gasteiger partial charge in [0.2, 0.25) is 5.89 Å². The number of nitrogens with one attached hydrogen (secondary N) is 1. The Morgan fingerprint density at radius 1 is 1.15 bits per heavy atom. The number of halogens is 1. The lowest BCUT2D eigenvalue weighted by Crippen LogP contribution is -3.09. The Labute approximate surface area is 158 Å². The number of nitrogens with zero attached hydrogens (tertiary/aromatic N) is 2. The van der Waals surface area contributed by atoms with Gasteiger partial charge >= 0.3 is 0 Å². The molecule has 0 bridgehead atoms. The van der Waals surface area contributed by atoms with Crippen LogP contribution in [0.25, 0.3) is 11.5 Å². The van der Waals surface area contributed by atoms with Gasteiger partial charge in [-0.15, -0.1) is 10.2 Å². The normalized spacial score (nSPS) is 13.4. The maximum absolute atomic E-state index is 5.89. The minimum absolute atomic E-state index is 0.0786.